The quantitative estimate of drug-likeness (QED) is 0.796. The van der Waals surface area contributed by atoms with Crippen molar-refractivity contribution in [2.24, 2.45) is 5.92 Å². The zero-order valence-corrected chi connectivity index (χ0v) is 12.1. The van der Waals surface area contributed by atoms with Crippen molar-refractivity contribution >= 4 is 11.9 Å². The highest BCUT2D eigenvalue weighted by Crippen LogP contribution is 2.32. The average molecular weight is 276 g/mol. The number of esters is 2. The van der Waals surface area contributed by atoms with Crippen LogP contribution in [0, 0.1) is 5.92 Å². The number of ether oxygens (including phenoxy) is 2. The van der Waals surface area contributed by atoms with Gasteiger partial charge in [-0.1, -0.05) is 18.2 Å². The van der Waals surface area contributed by atoms with Crippen LogP contribution in [0.15, 0.2) is 30.3 Å². The van der Waals surface area contributed by atoms with Gasteiger partial charge in [0.15, 0.2) is 0 Å². The second-order valence-electron chi connectivity index (χ2n) is 6.10. The predicted octanol–water partition coefficient (Wildman–Crippen LogP) is 2.96. The number of rotatable bonds is 3. The van der Waals surface area contributed by atoms with Gasteiger partial charge in [-0.2, -0.15) is 0 Å². The van der Waals surface area contributed by atoms with Gasteiger partial charge in [-0.15, -0.1) is 0 Å². The van der Waals surface area contributed by atoms with E-state index in [1.807, 2.05) is 26.8 Å². The molecule has 4 nitrogen and oxygen atoms in total. The molecule has 0 N–H and O–H groups in total. The third-order valence-electron chi connectivity index (χ3n) is 3.12. The number of carbonyl (C=O) groups excluding carboxylic acids is 2. The fraction of sp³-hybridized carbons (Fsp3) is 0.500. The highest BCUT2D eigenvalue weighted by molar-refractivity contribution is 5.89. The molecule has 1 aromatic rings. The molecule has 108 valence electrons. The molecule has 0 bridgehead atoms. The van der Waals surface area contributed by atoms with Gasteiger partial charge in [0, 0.05) is 0 Å². The van der Waals surface area contributed by atoms with Gasteiger partial charge in [0.2, 0.25) is 0 Å². The molecule has 1 saturated carbocycles. The van der Waals surface area contributed by atoms with Crippen LogP contribution >= 0.6 is 0 Å². The molecular formula is C16H20O4. The zero-order valence-electron chi connectivity index (χ0n) is 12.1. The van der Waals surface area contributed by atoms with Gasteiger partial charge in [-0.3, -0.25) is 4.79 Å². The van der Waals surface area contributed by atoms with Crippen LogP contribution in [-0.4, -0.2) is 23.6 Å². The molecule has 1 aliphatic rings. The molecule has 0 aromatic heterocycles. The van der Waals surface area contributed by atoms with Crippen LogP contribution in [0.4, 0.5) is 0 Å². The third-order valence-corrected chi connectivity index (χ3v) is 3.12. The van der Waals surface area contributed by atoms with Crippen molar-refractivity contribution < 1.29 is 19.1 Å². The average Bonchev–Trinajstić information content (AvgIpc) is 2.31. The Morgan fingerprint density at radius 1 is 1.10 bits per heavy atom. The normalized spacial score (nSPS) is 21.8. The Hall–Kier alpha value is -1.84. The monoisotopic (exact) mass is 276 g/mol. The van der Waals surface area contributed by atoms with Gasteiger partial charge in [0.05, 0.1) is 11.5 Å². The first kappa shape index (κ1) is 14.6. The number of carbonyl (C=O) groups is 2. The third kappa shape index (κ3) is 3.83. The molecule has 1 fully saturated rings. The Labute approximate surface area is 119 Å². The number of hydrogen-bond donors (Lipinski definition) is 0. The molecule has 2 rings (SSSR count). The molecule has 20 heavy (non-hydrogen) atoms. The lowest BCUT2D eigenvalue weighted by Gasteiger charge is -2.34. The maximum atomic E-state index is 11.8. The topological polar surface area (TPSA) is 52.6 Å². The Morgan fingerprint density at radius 2 is 1.70 bits per heavy atom. The maximum absolute atomic E-state index is 11.8. The van der Waals surface area contributed by atoms with E-state index >= 15 is 0 Å². The minimum atomic E-state index is -0.469. The van der Waals surface area contributed by atoms with E-state index in [9.17, 15) is 9.59 Å². The van der Waals surface area contributed by atoms with Gasteiger partial charge >= 0.3 is 11.9 Å². The Kier molecular flexibility index (Phi) is 4.12. The summed E-state index contributed by atoms with van der Waals surface area (Å²) in [6.45, 7) is 5.53. The van der Waals surface area contributed by atoms with E-state index in [-0.39, 0.29) is 24.0 Å². The van der Waals surface area contributed by atoms with Crippen molar-refractivity contribution in [2.75, 3.05) is 0 Å². The number of hydrogen-bond acceptors (Lipinski definition) is 4. The Morgan fingerprint density at radius 3 is 2.25 bits per heavy atom. The van der Waals surface area contributed by atoms with Gasteiger partial charge in [-0.05, 0) is 45.7 Å². The van der Waals surface area contributed by atoms with Gasteiger partial charge in [-0.25, -0.2) is 4.79 Å². The summed E-state index contributed by atoms with van der Waals surface area (Å²) in [6.07, 6.45) is 0.918. The standard InChI is InChI=1S/C16H20O4/c1-16(2,3)20-15(18)12-9-13(10-12)19-14(17)11-7-5-4-6-8-11/h4-8,12-13H,9-10H2,1-3H3/t12-,13-. The van der Waals surface area contributed by atoms with Gasteiger partial charge in [0.25, 0.3) is 0 Å². The summed E-state index contributed by atoms with van der Waals surface area (Å²) >= 11 is 0. The van der Waals surface area contributed by atoms with Crippen molar-refractivity contribution in [3.63, 3.8) is 0 Å². The molecule has 0 unspecified atom stereocenters. The maximum Gasteiger partial charge on any atom is 0.338 e. The molecule has 1 aromatic carbocycles. The van der Waals surface area contributed by atoms with Crippen LogP contribution in [0.1, 0.15) is 44.0 Å². The highest BCUT2D eigenvalue weighted by Gasteiger charge is 2.39. The van der Waals surface area contributed by atoms with E-state index in [1.54, 1.807) is 24.3 Å². The van der Waals surface area contributed by atoms with E-state index in [0.717, 1.165) is 0 Å². The van der Waals surface area contributed by atoms with Crippen molar-refractivity contribution in [3.05, 3.63) is 35.9 Å². The lowest BCUT2D eigenvalue weighted by molar-refractivity contribution is -0.167. The largest absolute Gasteiger partial charge is 0.460 e. The van der Waals surface area contributed by atoms with Crippen LogP contribution in [0.2, 0.25) is 0 Å². The first-order chi connectivity index (χ1) is 9.35. The first-order valence-corrected chi connectivity index (χ1v) is 6.84. The fourth-order valence-corrected chi connectivity index (χ4v) is 2.03. The smallest absolute Gasteiger partial charge is 0.338 e. The van der Waals surface area contributed by atoms with Crippen LogP contribution in [0.5, 0.6) is 0 Å². The molecule has 0 heterocycles. The van der Waals surface area contributed by atoms with Crippen molar-refractivity contribution in [1.29, 1.82) is 0 Å². The second-order valence-corrected chi connectivity index (χ2v) is 6.10. The minimum Gasteiger partial charge on any atom is -0.460 e. The lowest BCUT2D eigenvalue weighted by Crippen LogP contribution is -2.40. The van der Waals surface area contributed by atoms with Crippen molar-refractivity contribution in [1.82, 2.24) is 0 Å². The molecule has 0 saturated heterocycles. The van der Waals surface area contributed by atoms with E-state index in [4.69, 9.17) is 9.47 Å². The molecule has 0 atom stereocenters. The SMILES string of the molecule is CC(C)(C)OC(=O)[C@H]1C[C@H](OC(=O)c2ccccc2)C1. The van der Waals surface area contributed by atoms with Crippen LogP contribution in [0.3, 0.4) is 0 Å². The molecule has 0 amide bonds. The lowest BCUT2D eigenvalue weighted by atomic mass is 9.82. The van der Waals surface area contributed by atoms with Crippen LogP contribution in [-0.2, 0) is 14.3 Å². The summed E-state index contributed by atoms with van der Waals surface area (Å²) in [7, 11) is 0. The second kappa shape index (κ2) is 5.65. The summed E-state index contributed by atoms with van der Waals surface area (Å²) in [6, 6.07) is 8.86. The van der Waals surface area contributed by atoms with E-state index in [2.05, 4.69) is 0 Å². The summed E-state index contributed by atoms with van der Waals surface area (Å²) < 4.78 is 10.6. The predicted molar refractivity (Wildman–Crippen MR) is 74.2 cm³/mol. The number of benzene rings is 1. The summed E-state index contributed by atoms with van der Waals surface area (Å²) in [5.74, 6) is -0.689. The minimum absolute atomic E-state index is 0.150. The summed E-state index contributed by atoms with van der Waals surface area (Å²) in [5.41, 5.74) is 0.0660. The molecule has 1 aliphatic carbocycles. The van der Waals surface area contributed by atoms with E-state index in [1.165, 1.54) is 0 Å². The van der Waals surface area contributed by atoms with Crippen LogP contribution < -0.4 is 0 Å². The van der Waals surface area contributed by atoms with Crippen molar-refractivity contribution in [2.45, 2.75) is 45.3 Å². The summed E-state index contributed by atoms with van der Waals surface area (Å²) in [5, 5.41) is 0. The first-order valence-electron chi connectivity index (χ1n) is 6.84. The molecule has 4 heteroatoms. The molecule has 0 radical (unpaired) electrons. The Bertz CT molecular complexity index is 481. The van der Waals surface area contributed by atoms with E-state index < -0.39 is 5.60 Å². The fourth-order valence-electron chi connectivity index (χ4n) is 2.03. The summed E-state index contributed by atoms with van der Waals surface area (Å²) in [4.78, 5) is 23.6. The highest BCUT2D eigenvalue weighted by atomic mass is 16.6. The zero-order chi connectivity index (χ0) is 14.8. The Balaban J connectivity index is 1.77. The van der Waals surface area contributed by atoms with E-state index in [0.29, 0.717) is 18.4 Å². The van der Waals surface area contributed by atoms with Crippen LogP contribution in [0.25, 0.3) is 0 Å². The molecular weight excluding hydrogens is 256 g/mol. The van der Waals surface area contributed by atoms with Gasteiger partial charge < -0.3 is 9.47 Å². The van der Waals surface area contributed by atoms with Crippen molar-refractivity contribution in [3.8, 4) is 0 Å². The molecule has 0 aliphatic heterocycles. The van der Waals surface area contributed by atoms with Gasteiger partial charge in [0.1, 0.15) is 11.7 Å². The molecule has 0 spiro atoms.